The first-order chi connectivity index (χ1) is 13.0. The van der Waals surface area contributed by atoms with E-state index in [4.69, 9.17) is 4.74 Å². The highest BCUT2D eigenvalue weighted by molar-refractivity contribution is 5.97. The van der Waals surface area contributed by atoms with Crippen molar-refractivity contribution in [1.82, 2.24) is 29.5 Å². The van der Waals surface area contributed by atoms with Gasteiger partial charge in [-0.05, 0) is 31.9 Å². The summed E-state index contributed by atoms with van der Waals surface area (Å²) in [6.07, 6.45) is 6.66. The molecule has 3 N–H and O–H groups in total. The van der Waals surface area contributed by atoms with Crippen LogP contribution in [0.3, 0.4) is 0 Å². The second kappa shape index (κ2) is 5.65. The molecule has 0 radical (unpaired) electrons. The van der Waals surface area contributed by atoms with Crippen molar-refractivity contribution in [2.75, 3.05) is 12.4 Å². The Balaban J connectivity index is 1.55. The van der Waals surface area contributed by atoms with Gasteiger partial charge in [-0.15, -0.1) is 0 Å². The zero-order chi connectivity index (χ0) is 18.6. The van der Waals surface area contributed by atoms with Crippen molar-refractivity contribution < 1.29 is 9.84 Å². The van der Waals surface area contributed by atoms with Gasteiger partial charge in [0.2, 0.25) is 11.8 Å². The quantitative estimate of drug-likeness (QED) is 0.507. The number of aliphatic hydroxyl groups is 1. The summed E-state index contributed by atoms with van der Waals surface area (Å²) in [7, 11) is 1.59. The Labute approximate surface area is 154 Å². The van der Waals surface area contributed by atoms with Gasteiger partial charge in [-0.3, -0.25) is 0 Å². The predicted octanol–water partition coefficient (Wildman–Crippen LogP) is 2.00. The molecule has 4 aromatic rings. The second-order valence-electron chi connectivity index (χ2n) is 7.21. The van der Waals surface area contributed by atoms with Crippen molar-refractivity contribution >= 4 is 22.6 Å². The van der Waals surface area contributed by atoms with Gasteiger partial charge in [0, 0.05) is 29.6 Å². The maximum absolute atomic E-state index is 9.90. The van der Waals surface area contributed by atoms with Gasteiger partial charge in [0.25, 0.3) is 0 Å². The zero-order valence-corrected chi connectivity index (χ0v) is 15.0. The van der Waals surface area contributed by atoms with E-state index in [0.717, 1.165) is 22.2 Å². The lowest BCUT2D eigenvalue weighted by Gasteiger charge is -2.41. The fourth-order valence-corrected chi connectivity index (χ4v) is 3.70. The third-order valence-electron chi connectivity index (χ3n) is 4.98. The summed E-state index contributed by atoms with van der Waals surface area (Å²) in [6, 6.07) is 4.05. The first kappa shape index (κ1) is 16.0. The van der Waals surface area contributed by atoms with Gasteiger partial charge in [0.1, 0.15) is 12.0 Å². The summed E-state index contributed by atoms with van der Waals surface area (Å²) < 4.78 is 7.26. The molecule has 0 atom stereocenters. The molecule has 0 amide bonds. The molecule has 1 aliphatic carbocycles. The van der Waals surface area contributed by atoms with Crippen LogP contribution in [0.4, 0.5) is 5.95 Å². The number of nitrogens with zero attached hydrogens (tertiary/aromatic N) is 5. The van der Waals surface area contributed by atoms with E-state index in [1.54, 1.807) is 11.6 Å². The minimum Gasteiger partial charge on any atom is -0.480 e. The summed E-state index contributed by atoms with van der Waals surface area (Å²) in [5, 5.41) is 18.2. The molecule has 1 fully saturated rings. The van der Waals surface area contributed by atoms with E-state index in [-0.39, 0.29) is 6.04 Å². The average Bonchev–Trinajstić information content (AvgIpc) is 3.25. The summed E-state index contributed by atoms with van der Waals surface area (Å²) in [4.78, 5) is 16.5. The van der Waals surface area contributed by atoms with Crippen LogP contribution in [0.15, 0.2) is 30.9 Å². The smallest absolute Gasteiger partial charge is 0.228 e. The largest absolute Gasteiger partial charge is 0.480 e. The van der Waals surface area contributed by atoms with Crippen LogP contribution in [0.25, 0.3) is 27.8 Å². The molecule has 1 saturated carbocycles. The number of fused-ring (bicyclic) bond motifs is 2. The van der Waals surface area contributed by atoms with Crippen molar-refractivity contribution in [1.29, 1.82) is 0 Å². The first-order valence-electron chi connectivity index (χ1n) is 8.74. The van der Waals surface area contributed by atoms with Crippen LogP contribution < -0.4 is 10.1 Å². The highest BCUT2D eigenvalue weighted by Gasteiger charge is 2.38. The molecule has 0 unspecified atom stereocenters. The van der Waals surface area contributed by atoms with Crippen molar-refractivity contribution in [3.05, 3.63) is 30.9 Å². The third-order valence-corrected chi connectivity index (χ3v) is 4.98. The van der Waals surface area contributed by atoms with E-state index in [0.29, 0.717) is 30.3 Å². The van der Waals surface area contributed by atoms with Crippen LogP contribution in [0.1, 0.15) is 19.8 Å². The van der Waals surface area contributed by atoms with Crippen LogP contribution in [0.5, 0.6) is 5.88 Å². The van der Waals surface area contributed by atoms with Crippen molar-refractivity contribution in [3.8, 4) is 17.0 Å². The standard InChI is InChI=1S/C18H19N7O2/c1-18(26)5-11(6-18)22-17-23-15-14(16(24-17)27-2)12(7-19-15)10-3-4-13-20-9-21-25(13)8-10/h3-4,7-9,11,26H,5-6H2,1-2H3,(H2,19,22,23,24)/t11-,18-. The molecule has 9 heteroatoms. The molecular formula is C18H19N7O2. The number of methoxy groups -OCH3 is 1. The number of anilines is 1. The summed E-state index contributed by atoms with van der Waals surface area (Å²) >= 11 is 0. The van der Waals surface area contributed by atoms with Gasteiger partial charge in [-0.25, -0.2) is 9.50 Å². The Hall–Kier alpha value is -3.20. The van der Waals surface area contributed by atoms with Crippen molar-refractivity contribution in [2.45, 2.75) is 31.4 Å². The normalized spacial score (nSPS) is 22.1. The third kappa shape index (κ3) is 2.67. The van der Waals surface area contributed by atoms with E-state index in [1.807, 2.05) is 31.5 Å². The minimum atomic E-state index is -0.606. The van der Waals surface area contributed by atoms with Crippen molar-refractivity contribution in [2.24, 2.45) is 0 Å². The molecule has 0 bridgehead atoms. The van der Waals surface area contributed by atoms with Crippen LogP contribution in [0.2, 0.25) is 0 Å². The molecule has 0 spiro atoms. The highest BCUT2D eigenvalue weighted by atomic mass is 16.5. The summed E-state index contributed by atoms with van der Waals surface area (Å²) in [5.74, 6) is 0.975. The monoisotopic (exact) mass is 365 g/mol. The number of hydrogen-bond donors (Lipinski definition) is 3. The topological polar surface area (TPSA) is 113 Å². The van der Waals surface area contributed by atoms with Gasteiger partial charge in [-0.2, -0.15) is 15.1 Å². The molecule has 1 aliphatic rings. The van der Waals surface area contributed by atoms with E-state index in [1.165, 1.54) is 6.33 Å². The molecule has 9 nitrogen and oxygen atoms in total. The minimum absolute atomic E-state index is 0.159. The molecule has 4 aromatic heterocycles. The van der Waals surface area contributed by atoms with E-state index < -0.39 is 5.60 Å². The lowest BCUT2D eigenvalue weighted by molar-refractivity contribution is -0.0236. The average molecular weight is 365 g/mol. The lowest BCUT2D eigenvalue weighted by Crippen LogP contribution is -2.48. The molecular weight excluding hydrogens is 346 g/mol. The number of hydrogen-bond acceptors (Lipinski definition) is 7. The lowest BCUT2D eigenvalue weighted by atomic mass is 9.77. The summed E-state index contributed by atoms with van der Waals surface area (Å²) in [6.45, 7) is 1.83. The fraction of sp³-hybridized carbons (Fsp3) is 0.333. The van der Waals surface area contributed by atoms with Gasteiger partial charge >= 0.3 is 0 Å². The number of aromatic nitrogens is 6. The van der Waals surface area contributed by atoms with E-state index >= 15 is 0 Å². The molecule has 138 valence electrons. The molecule has 4 heterocycles. The summed E-state index contributed by atoms with van der Waals surface area (Å²) in [5.41, 5.74) is 2.74. The molecule has 0 aliphatic heterocycles. The number of H-pyrrole nitrogens is 1. The van der Waals surface area contributed by atoms with Crippen LogP contribution in [-0.2, 0) is 0 Å². The maximum Gasteiger partial charge on any atom is 0.228 e. The number of rotatable bonds is 4. The number of aromatic amines is 1. The van der Waals surface area contributed by atoms with Crippen LogP contribution >= 0.6 is 0 Å². The van der Waals surface area contributed by atoms with E-state index in [2.05, 4.69) is 30.4 Å². The van der Waals surface area contributed by atoms with Gasteiger partial charge in [-0.1, -0.05) is 0 Å². The number of nitrogens with one attached hydrogen (secondary N) is 2. The van der Waals surface area contributed by atoms with Gasteiger partial charge in [0.15, 0.2) is 5.65 Å². The predicted molar refractivity (Wildman–Crippen MR) is 99.7 cm³/mol. The van der Waals surface area contributed by atoms with Crippen LogP contribution in [-0.4, -0.2) is 53.4 Å². The zero-order valence-electron chi connectivity index (χ0n) is 15.0. The second-order valence-corrected chi connectivity index (χ2v) is 7.21. The fourth-order valence-electron chi connectivity index (χ4n) is 3.70. The number of pyridine rings is 1. The Morgan fingerprint density at radius 1 is 1.33 bits per heavy atom. The van der Waals surface area contributed by atoms with E-state index in [9.17, 15) is 5.11 Å². The Morgan fingerprint density at radius 3 is 2.96 bits per heavy atom. The first-order valence-corrected chi connectivity index (χ1v) is 8.74. The molecule has 0 saturated heterocycles. The van der Waals surface area contributed by atoms with Crippen molar-refractivity contribution in [3.63, 3.8) is 0 Å². The van der Waals surface area contributed by atoms with Crippen LogP contribution in [0, 0.1) is 0 Å². The van der Waals surface area contributed by atoms with Gasteiger partial charge < -0.3 is 20.1 Å². The highest BCUT2D eigenvalue weighted by Crippen LogP contribution is 2.36. The number of ether oxygens (including phenoxy) is 1. The Bertz CT molecular complexity index is 1140. The van der Waals surface area contributed by atoms with Gasteiger partial charge in [0.05, 0.1) is 18.1 Å². The molecule has 0 aromatic carbocycles. The SMILES string of the molecule is COc1nc(N[C@H]2C[C@](C)(O)C2)nc2[nH]cc(-c3ccc4ncnn4c3)c12. The molecule has 5 rings (SSSR count). The Morgan fingerprint density at radius 2 is 2.19 bits per heavy atom. The molecule has 27 heavy (non-hydrogen) atoms. The maximum atomic E-state index is 9.90. The Kier molecular flexibility index (Phi) is 3.35.